The van der Waals surface area contributed by atoms with Crippen molar-refractivity contribution in [1.29, 1.82) is 0 Å². The minimum Gasteiger partial charge on any atom is -0.325 e. The van der Waals surface area contributed by atoms with Crippen LogP contribution in [0.4, 0.5) is 5.69 Å². The normalized spacial score (nSPS) is 18.5. The van der Waals surface area contributed by atoms with Gasteiger partial charge >= 0.3 is 0 Å². The van der Waals surface area contributed by atoms with Crippen molar-refractivity contribution in [1.82, 2.24) is 4.90 Å². The maximum atomic E-state index is 11.7. The number of nitrogens with two attached hydrogens (primary N) is 1. The molecule has 0 aromatic heterocycles. The number of likely N-dealkylation sites (N-methyl/N-ethyl adjacent to an activating group) is 1. The van der Waals surface area contributed by atoms with Gasteiger partial charge in [0, 0.05) is 34.7 Å². The number of carbonyl (C=O) groups excluding carboxylic acids is 1. The molecule has 3 N–H and O–H groups in total. The molecule has 3 rings (SSSR count). The van der Waals surface area contributed by atoms with Gasteiger partial charge in [0.2, 0.25) is 5.91 Å². The van der Waals surface area contributed by atoms with Crippen LogP contribution in [0.1, 0.15) is 29.5 Å². The third-order valence-corrected chi connectivity index (χ3v) is 5.04. The van der Waals surface area contributed by atoms with E-state index in [0.717, 1.165) is 29.9 Å². The zero-order chi connectivity index (χ0) is 18.1. The van der Waals surface area contributed by atoms with E-state index in [-0.39, 0.29) is 11.8 Å². The molecule has 2 aromatic carbocycles. The first kappa shape index (κ1) is 18.2. The molecule has 0 saturated heterocycles. The molecule has 1 aliphatic rings. The van der Waals surface area contributed by atoms with Crippen LogP contribution in [-0.4, -0.2) is 30.4 Å². The number of fused-ring (bicyclic) bond motifs is 1. The van der Waals surface area contributed by atoms with Crippen LogP contribution in [0, 0.1) is 0 Å². The van der Waals surface area contributed by atoms with Gasteiger partial charge in [-0.05, 0) is 54.9 Å². The molecule has 25 heavy (non-hydrogen) atoms. The smallest absolute Gasteiger partial charge is 0.240 e. The summed E-state index contributed by atoms with van der Waals surface area (Å²) in [5, 5.41) is 4.16. The monoisotopic (exact) mass is 377 g/mol. The standard InChI is InChI=1S/C19H21Cl2N3O/c1-11(22)19(25)23-14-5-3-12(4-6-14)16-9-24(2)10-17-15(16)7-13(20)8-18(17)21/h3-8,11,16H,9-10,22H2,1-2H3,(H,23,25). The van der Waals surface area contributed by atoms with E-state index < -0.39 is 6.04 Å². The predicted octanol–water partition coefficient (Wildman–Crippen LogP) is 3.86. The van der Waals surface area contributed by atoms with E-state index in [1.807, 2.05) is 30.3 Å². The summed E-state index contributed by atoms with van der Waals surface area (Å²) in [6, 6.07) is 11.1. The molecule has 0 fully saturated rings. The average molecular weight is 378 g/mol. The summed E-state index contributed by atoms with van der Waals surface area (Å²) in [4.78, 5) is 14.0. The van der Waals surface area contributed by atoms with Gasteiger partial charge in [-0.15, -0.1) is 0 Å². The molecule has 132 valence electrons. The Balaban J connectivity index is 1.91. The summed E-state index contributed by atoms with van der Waals surface area (Å²) >= 11 is 12.6. The highest BCUT2D eigenvalue weighted by atomic mass is 35.5. The van der Waals surface area contributed by atoms with Gasteiger partial charge in [-0.2, -0.15) is 0 Å². The molecule has 4 nitrogen and oxygen atoms in total. The van der Waals surface area contributed by atoms with Crippen LogP contribution in [0.25, 0.3) is 0 Å². The Bertz CT molecular complexity index is 790. The summed E-state index contributed by atoms with van der Waals surface area (Å²) < 4.78 is 0. The van der Waals surface area contributed by atoms with Gasteiger partial charge in [-0.1, -0.05) is 35.3 Å². The Labute approximate surface area is 157 Å². The lowest BCUT2D eigenvalue weighted by atomic mass is 9.84. The number of amides is 1. The van der Waals surface area contributed by atoms with Crippen molar-refractivity contribution in [2.24, 2.45) is 5.73 Å². The number of halogens is 2. The minimum atomic E-state index is -0.539. The maximum Gasteiger partial charge on any atom is 0.240 e. The number of carbonyl (C=O) groups is 1. The highest BCUT2D eigenvalue weighted by Crippen LogP contribution is 2.38. The van der Waals surface area contributed by atoms with Crippen LogP contribution in [0.2, 0.25) is 10.0 Å². The van der Waals surface area contributed by atoms with Crippen LogP contribution < -0.4 is 11.1 Å². The van der Waals surface area contributed by atoms with Gasteiger partial charge in [0.15, 0.2) is 0 Å². The predicted molar refractivity (Wildman–Crippen MR) is 103 cm³/mol. The summed E-state index contributed by atoms with van der Waals surface area (Å²) in [5.41, 5.74) is 9.77. The summed E-state index contributed by atoms with van der Waals surface area (Å²) in [6.07, 6.45) is 0. The highest BCUT2D eigenvalue weighted by Gasteiger charge is 2.27. The van der Waals surface area contributed by atoms with Gasteiger partial charge in [0.05, 0.1) is 6.04 Å². The second kappa shape index (κ2) is 7.34. The number of anilines is 1. The Morgan fingerprint density at radius 3 is 2.60 bits per heavy atom. The van der Waals surface area contributed by atoms with Crippen LogP contribution in [-0.2, 0) is 11.3 Å². The van der Waals surface area contributed by atoms with Gasteiger partial charge in [0.1, 0.15) is 0 Å². The Morgan fingerprint density at radius 1 is 1.28 bits per heavy atom. The Morgan fingerprint density at radius 2 is 1.96 bits per heavy atom. The van der Waals surface area contributed by atoms with Crippen molar-refractivity contribution in [3.8, 4) is 0 Å². The molecular formula is C19H21Cl2N3O. The fourth-order valence-corrected chi connectivity index (χ4v) is 3.75. The molecule has 2 aromatic rings. The molecule has 0 spiro atoms. The summed E-state index contributed by atoms with van der Waals surface area (Å²) in [6.45, 7) is 3.35. The number of benzene rings is 2. The molecule has 1 amide bonds. The second-order valence-electron chi connectivity index (χ2n) is 6.60. The first-order chi connectivity index (χ1) is 11.8. The lowest BCUT2D eigenvalue weighted by Gasteiger charge is -2.33. The highest BCUT2D eigenvalue weighted by molar-refractivity contribution is 6.35. The van der Waals surface area contributed by atoms with Gasteiger partial charge in [-0.25, -0.2) is 0 Å². The van der Waals surface area contributed by atoms with Gasteiger partial charge in [0.25, 0.3) is 0 Å². The van der Waals surface area contributed by atoms with E-state index in [9.17, 15) is 4.79 Å². The molecule has 2 atom stereocenters. The number of rotatable bonds is 3. The largest absolute Gasteiger partial charge is 0.325 e. The molecule has 6 heteroatoms. The molecular weight excluding hydrogens is 357 g/mol. The number of hydrogen-bond donors (Lipinski definition) is 2. The Kier molecular flexibility index (Phi) is 5.35. The maximum absolute atomic E-state index is 11.7. The van der Waals surface area contributed by atoms with Crippen molar-refractivity contribution in [3.63, 3.8) is 0 Å². The summed E-state index contributed by atoms with van der Waals surface area (Å²) in [5.74, 6) is -0.0165. The fraction of sp³-hybridized carbons (Fsp3) is 0.316. The van der Waals surface area contributed by atoms with Crippen LogP contribution >= 0.6 is 23.2 Å². The van der Waals surface area contributed by atoms with Gasteiger partial charge in [-0.3, -0.25) is 4.79 Å². The van der Waals surface area contributed by atoms with Crippen molar-refractivity contribution in [2.75, 3.05) is 18.9 Å². The number of nitrogens with zero attached hydrogens (tertiary/aromatic N) is 1. The van der Waals surface area contributed by atoms with Crippen LogP contribution in [0.5, 0.6) is 0 Å². The topological polar surface area (TPSA) is 58.4 Å². The third kappa shape index (κ3) is 3.98. The van der Waals surface area contributed by atoms with E-state index >= 15 is 0 Å². The average Bonchev–Trinajstić information content (AvgIpc) is 2.55. The van der Waals surface area contributed by atoms with E-state index in [4.69, 9.17) is 28.9 Å². The first-order valence-corrected chi connectivity index (χ1v) is 8.93. The lowest BCUT2D eigenvalue weighted by molar-refractivity contribution is -0.117. The van der Waals surface area contributed by atoms with Crippen molar-refractivity contribution in [3.05, 3.63) is 63.1 Å². The zero-order valence-electron chi connectivity index (χ0n) is 14.2. The molecule has 1 heterocycles. The Hall–Kier alpha value is -1.59. The molecule has 2 unspecified atom stereocenters. The van der Waals surface area contributed by atoms with Crippen molar-refractivity contribution in [2.45, 2.75) is 25.4 Å². The van der Waals surface area contributed by atoms with Crippen molar-refractivity contribution < 1.29 is 4.79 Å². The van der Waals surface area contributed by atoms with Gasteiger partial charge < -0.3 is 16.0 Å². The second-order valence-corrected chi connectivity index (χ2v) is 7.45. The quantitative estimate of drug-likeness (QED) is 0.853. The summed E-state index contributed by atoms with van der Waals surface area (Å²) in [7, 11) is 2.08. The molecule has 0 saturated carbocycles. The molecule has 0 radical (unpaired) electrons. The molecule has 1 aliphatic heterocycles. The molecule has 0 bridgehead atoms. The van der Waals surface area contributed by atoms with E-state index in [1.165, 1.54) is 5.56 Å². The van der Waals surface area contributed by atoms with Crippen molar-refractivity contribution >= 4 is 34.8 Å². The van der Waals surface area contributed by atoms with E-state index in [2.05, 4.69) is 17.3 Å². The number of nitrogens with one attached hydrogen (secondary N) is 1. The first-order valence-electron chi connectivity index (χ1n) is 8.18. The fourth-order valence-electron chi connectivity index (χ4n) is 3.19. The lowest BCUT2D eigenvalue weighted by Crippen LogP contribution is -2.32. The minimum absolute atomic E-state index is 0.183. The zero-order valence-corrected chi connectivity index (χ0v) is 15.7. The SMILES string of the molecule is CC(N)C(=O)Nc1ccc(C2CN(C)Cc3c(Cl)cc(Cl)cc32)cc1. The van der Waals surface area contributed by atoms with Crippen LogP contribution in [0.3, 0.4) is 0 Å². The number of hydrogen-bond acceptors (Lipinski definition) is 3. The molecule has 0 aliphatic carbocycles. The third-order valence-electron chi connectivity index (χ3n) is 4.49. The van der Waals surface area contributed by atoms with Crippen LogP contribution in [0.15, 0.2) is 36.4 Å². The van der Waals surface area contributed by atoms with E-state index in [1.54, 1.807) is 13.0 Å². The van der Waals surface area contributed by atoms with E-state index in [0.29, 0.717) is 10.0 Å².